The molecule has 0 spiro atoms. The Hall–Kier alpha value is -2.17. The second kappa shape index (κ2) is 9.08. The molecule has 0 N–H and O–H groups in total. The summed E-state index contributed by atoms with van der Waals surface area (Å²) in [5, 5.41) is 0. The number of ether oxygens (including phenoxy) is 3. The molecule has 0 amide bonds. The van der Waals surface area contributed by atoms with E-state index in [1.165, 1.54) is 0 Å². The van der Waals surface area contributed by atoms with E-state index in [0.717, 1.165) is 23.3 Å². The normalized spacial score (nSPS) is 12.7. The fourth-order valence-corrected chi connectivity index (χ4v) is 2.23. The molecule has 0 bridgehead atoms. The van der Waals surface area contributed by atoms with Crippen molar-refractivity contribution in [2.24, 2.45) is 0 Å². The summed E-state index contributed by atoms with van der Waals surface area (Å²) in [6.07, 6.45) is 7.97. The monoisotopic (exact) mass is 313 g/mol. The quantitative estimate of drug-likeness (QED) is 0.690. The minimum Gasteiger partial charge on any atom is -0.485 e. The van der Waals surface area contributed by atoms with Crippen LogP contribution in [0.3, 0.4) is 0 Å². The summed E-state index contributed by atoms with van der Waals surface area (Å²) < 4.78 is 16.5. The molecule has 1 heterocycles. The average Bonchev–Trinajstić information content (AvgIpc) is 2.62. The topological polar surface area (TPSA) is 40.6 Å². The number of benzene rings is 1. The van der Waals surface area contributed by atoms with Gasteiger partial charge in [0.2, 0.25) is 0 Å². The first kappa shape index (κ1) is 17.2. The summed E-state index contributed by atoms with van der Waals surface area (Å²) in [4.78, 5) is 4.00. The number of hydrogen-bond donors (Lipinski definition) is 0. The maximum atomic E-state index is 5.94. The average molecular weight is 313 g/mol. The van der Waals surface area contributed by atoms with E-state index in [4.69, 9.17) is 14.2 Å². The Morgan fingerprint density at radius 3 is 2.00 bits per heavy atom. The molecule has 2 rings (SSSR count). The van der Waals surface area contributed by atoms with Crippen molar-refractivity contribution < 1.29 is 14.2 Å². The molecule has 2 aromatic rings. The molecule has 0 saturated heterocycles. The summed E-state index contributed by atoms with van der Waals surface area (Å²) in [7, 11) is 3.24. The summed E-state index contributed by atoms with van der Waals surface area (Å²) in [5.74, 6) is 0.803. The minimum atomic E-state index is -0.369. The van der Waals surface area contributed by atoms with Crippen LogP contribution in [0.15, 0.2) is 48.8 Å². The summed E-state index contributed by atoms with van der Waals surface area (Å²) in [6.45, 7) is 2.04. The lowest BCUT2D eigenvalue weighted by atomic mass is 10.1. The van der Waals surface area contributed by atoms with E-state index in [0.29, 0.717) is 0 Å². The van der Waals surface area contributed by atoms with Gasteiger partial charge in [-0.3, -0.25) is 4.98 Å². The number of methoxy groups -OCH3 is 2. The van der Waals surface area contributed by atoms with Gasteiger partial charge in [-0.15, -0.1) is 0 Å². The van der Waals surface area contributed by atoms with Crippen molar-refractivity contribution in [2.75, 3.05) is 14.2 Å². The molecule has 1 unspecified atom stereocenters. The molecule has 0 fully saturated rings. The van der Waals surface area contributed by atoms with Gasteiger partial charge in [0.15, 0.2) is 6.29 Å². The molecule has 0 aliphatic rings. The van der Waals surface area contributed by atoms with Crippen LogP contribution < -0.4 is 4.74 Å². The lowest BCUT2D eigenvalue weighted by Gasteiger charge is -2.24. The first-order valence-corrected chi connectivity index (χ1v) is 7.67. The fraction of sp³-hybridized carbons (Fsp3) is 0.316. The maximum Gasteiger partial charge on any atom is 0.194 e. The van der Waals surface area contributed by atoms with Crippen LogP contribution >= 0.6 is 0 Å². The molecular weight excluding hydrogens is 290 g/mol. The third-order valence-corrected chi connectivity index (χ3v) is 3.51. The van der Waals surface area contributed by atoms with Gasteiger partial charge >= 0.3 is 0 Å². The number of pyridine rings is 1. The van der Waals surface area contributed by atoms with Crippen LogP contribution in [-0.4, -0.2) is 31.6 Å². The highest BCUT2D eigenvalue weighted by molar-refractivity contribution is 5.69. The van der Waals surface area contributed by atoms with Crippen LogP contribution in [-0.2, 0) is 9.47 Å². The van der Waals surface area contributed by atoms with Crippen molar-refractivity contribution in [3.8, 4) is 5.75 Å². The zero-order valence-corrected chi connectivity index (χ0v) is 13.8. The second-order valence-corrected chi connectivity index (χ2v) is 5.09. The molecule has 0 aliphatic heterocycles. The molecule has 0 aliphatic carbocycles. The van der Waals surface area contributed by atoms with Crippen molar-refractivity contribution in [3.63, 3.8) is 0 Å². The Morgan fingerprint density at radius 1 is 0.913 bits per heavy atom. The molecule has 4 heteroatoms. The van der Waals surface area contributed by atoms with Crippen LogP contribution in [0.5, 0.6) is 5.75 Å². The maximum absolute atomic E-state index is 5.94. The van der Waals surface area contributed by atoms with Gasteiger partial charge in [-0.25, -0.2) is 0 Å². The van der Waals surface area contributed by atoms with E-state index in [-0.39, 0.29) is 12.4 Å². The Balaban J connectivity index is 2.00. The van der Waals surface area contributed by atoms with Crippen LogP contribution in [0.1, 0.15) is 24.5 Å². The first-order valence-electron chi connectivity index (χ1n) is 7.67. The van der Waals surface area contributed by atoms with Gasteiger partial charge in [-0.2, -0.15) is 0 Å². The molecule has 4 nitrogen and oxygen atoms in total. The van der Waals surface area contributed by atoms with Crippen LogP contribution in [0.25, 0.3) is 12.2 Å². The van der Waals surface area contributed by atoms with E-state index in [2.05, 4.69) is 17.1 Å². The number of nitrogens with zero attached hydrogens (tertiary/aromatic N) is 1. The van der Waals surface area contributed by atoms with Gasteiger partial charge in [0.1, 0.15) is 11.9 Å². The lowest BCUT2D eigenvalue weighted by Crippen LogP contribution is -2.34. The smallest absolute Gasteiger partial charge is 0.194 e. The first-order chi connectivity index (χ1) is 11.3. The Morgan fingerprint density at radius 2 is 1.48 bits per heavy atom. The summed E-state index contributed by atoms with van der Waals surface area (Å²) >= 11 is 0. The summed E-state index contributed by atoms with van der Waals surface area (Å²) in [6, 6.07) is 11.9. The number of aromatic nitrogens is 1. The second-order valence-electron chi connectivity index (χ2n) is 5.09. The van der Waals surface area contributed by atoms with E-state index in [9.17, 15) is 0 Å². The lowest BCUT2D eigenvalue weighted by molar-refractivity contribution is -0.156. The van der Waals surface area contributed by atoms with E-state index in [1.807, 2.05) is 43.3 Å². The van der Waals surface area contributed by atoms with Gasteiger partial charge in [-0.05, 0) is 41.8 Å². The van der Waals surface area contributed by atoms with Crippen molar-refractivity contribution in [3.05, 3.63) is 59.9 Å². The minimum absolute atomic E-state index is 0.136. The Kier molecular flexibility index (Phi) is 6.78. The third-order valence-electron chi connectivity index (χ3n) is 3.51. The molecule has 0 saturated carbocycles. The SMILES string of the molecule is CCC(Oc1ccc(/C=C/c2ccncc2)cc1)C(OC)OC. The molecule has 1 aromatic heterocycles. The van der Waals surface area contributed by atoms with Crippen molar-refractivity contribution in [2.45, 2.75) is 25.7 Å². The molecular formula is C19H23NO3. The highest BCUT2D eigenvalue weighted by Crippen LogP contribution is 2.19. The van der Waals surface area contributed by atoms with Crippen LogP contribution in [0.2, 0.25) is 0 Å². The Labute approximate surface area is 137 Å². The zero-order chi connectivity index (χ0) is 16.5. The highest BCUT2D eigenvalue weighted by Gasteiger charge is 2.20. The predicted octanol–water partition coefficient (Wildman–Crippen LogP) is 4.03. The van der Waals surface area contributed by atoms with Crippen LogP contribution in [0.4, 0.5) is 0 Å². The molecule has 122 valence electrons. The molecule has 23 heavy (non-hydrogen) atoms. The van der Waals surface area contributed by atoms with Gasteiger partial charge in [0.25, 0.3) is 0 Å². The molecule has 1 aromatic carbocycles. The van der Waals surface area contributed by atoms with Crippen LogP contribution in [0, 0.1) is 0 Å². The standard InChI is InChI=1S/C19H23NO3/c1-4-18(19(21-2)22-3)23-17-9-7-15(8-10-17)5-6-16-11-13-20-14-12-16/h5-14,18-19H,4H2,1-3H3/b6-5+. The third kappa shape index (κ3) is 5.20. The van der Waals surface area contributed by atoms with E-state index >= 15 is 0 Å². The predicted molar refractivity (Wildman–Crippen MR) is 92.1 cm³/mol. The number of rotatable bonds is 8. The molecule has 0 radical (unpaired) electrons. The van der Waals surface area contributed by atoms with E-state index in [1.54, 1.807) is 26.6 Å². The van der Waals surface area contributed by atoms with Gasteiger partial charge in [-0.1, -0.05) is 31.2 Å². The van der Waals surface area contributed by atoms with Crippen molar-refractivity contribution in [1.29, 1.82) is 0 Å². The van der Waals surface area contributed by atoms with Gasteiger partial charge < -0.3 is 14.2 Å². The van der Waals surface area contributed by atoms with Gasteiger partial charge in [0.05, 0.1) is 0 Å². The fourth-order valence-electron chi connectivity index (χ4n) is 2.23. The van der Waals surface area contributed by atoms with Crippen molar-refractivity contribution in [1.82, 2.24) is 4.98 Å². The Bertz CT molecular complexity index is 592. The number of hydrogen-bond acceptors (Lipinski definition) is 4. The largest absolute Gasteiger partial charge is 0.485 e. The molecule has 1 atom stereocenters. The van der Waals surface area contributed by atoms with Crippen molar-refractivity contribution >= 4 is 12.2 Å². The van der Waals surface area contributed by atoms with Gasteiger partial charge in [0, 0.05) is 26.6 Å². The van der Waals surface area contributed by atoms with E-state index < -0.39 is 0 Å². The highest BCUT2D eigenvalue weighted by atomic mass is 16.7. The zero-order valence-electron chi connectivity index (χ0n) is 13.8. The summed E-state index contributed by atoms with van der Waals surface area (Å²) in [5.41, 5.74) is 2.23.